The van der Waals surface area contributed by atoms with Gasteiger partial charge in [0.05, 0.1) is 6.61 Å². The molecule has 2 N–H and O–H groups in total. The van der Waals surface area contributed by atoms with Crippen LogP contribution in [0.25, 0.3) is 0 Å². The fraction of sp³-hybridized carbons (Fsp3) is 0.333. The summed E-state index contributed by atoms with van der Waals surface area (Å²) >= 11 is 0. The van der Waals surface area contributed by atoms with Gasteiger partial charge >= 0.3 is 0 Å². The Morgan fingerprint density at radius 3 is 2.31 bits per heavy atom. The van der Waals surface area contributed by atoms with E-state index in [0.717, 1.165) is 12.1 Å². The van der Waals surface area contributed by atoms with Crippen LogP contribution in [0.2, 0.25) is 0 Å². The lowest BCUT2D eigenvalue weighted by Crippen LogP contribution is -2.01. The van der Waals surface area contributed by atoms with Gasteiger partial charge < -0.3 is 10.5 Å². The second-order valence-corrected chi connectivity index (χ2v) is 2.66. The number of anilines is 1. The Morgan fingerprint density at radius 1 is 1.31 bits per heavy atom. The molecule has 0 amide bonds. The van der Waals surface area contributed by atoms with Gasteiger partial charge in [0, 0.05) is 17.8 Å². The summed E-state index contributed by atoms with van der Waals surface area (Å²) in [6, 6.07) is 2.07. The largest absolute Gasteiger partial charge is 0.488 e. The van der Waals surface area contributed by atoms with Crippen LogP contribution in [-0.2, 0) is 0 Å². The van der Waals surface area contributed by atoms with Crippen LogP contribution in [-0.4, -0.2) is 6.61 Å². The molecule has 0 aromatic heterocycles. The summed E-state index contributed by atoms with van der Waals surface area (Å²) in [5, 5.41) is 0. The van der Waals surface area contributed by atoms with E-state index in [2.05, 4.69) is 0 Å². The molecule has 0 aliphatic carbocycles. The zero-order valence-corrected chi connectivity index (χ0v) is 7.31. The van der Waals surface area contributed by atoms with E-state index in [9.17, 15) is 8.78 Å². The Kier molecular flexibility index (Phi) is 3.06. The molecule has 2 nitrogen and oxygen atoms in total. The van der Waals surface area contributed by atoms with Crippen LogP contribution >= 0.6 is 0 Å². The quantitative estimate of drug-likeness (QED) is 0.737. The van der Waals surface area contributed by atoms with Crippen molar-refractivity contribution in [1.82, 2.24) is 0 Å². The van der Waals surface area contributed by atoms with Crippen LogP contribution in [0.5, 0.6) is 5.75 Å². The van der Waals surface area contributed by atoms with Crippen molar-refractivity contribution >= 4 is 5.69 Å². The predicted molar refractivity (Wildman–Crippen MR) is 46.6 cm³/mol. The first-order valence-corrected chi connectivity index (χ1v) is 4.02. The highest BCUT2D eigenvalue weighted by molar-refractivity contribution is 5.44. The topological polar surface area (TPSA) is 35.2 Å². The molecule has 72 valence electrons. The molecular formula is C9H11F2NO. The molecule has 0 bridgehead atoms. The van der Waals surface area contributed by atoms with Gasteiger partial charge in [-0.3, -0.25) is 0 Å². The minimum atomic E-state index is -0.758. The summed E-state index contributed by atoms with van der Waals surface area (Å²) in [5.41, 5.74) is 5.28. The number of benzene rings is 1. The maximum Gasteiger partial charge on any atom is 0.190 e. The third-order valence-corrected chi connectivity index (χ3v) is 1.47. The number of hydrogen-bond acceptors (Lipinski definition) is 2. The first kappa shape index (κ1) is 9.77. The lowest BCUT2D eigenvalue weighted by molar-refractivity contribution is 0.285. The van der Waals surface area contributed by atoms with Crippen molar-refractivity contribution in [3.05, 3.63) is 23.8 Å². The van der Waals surface area contributed by atoms with Crippen molar-refractivity contribution in [2.24, 2.45) is 0 Å². The van der Waals surface area contributed by atoms with Crippen molar-refractivity contribution in [3.63, 3.8) is 0 Å². The Balaban J connectivity index is 2.92. The maximum atomic E-state index is 13.0. The van der Waals surface area contributed by atoms with Gasteiger partial charge in [-0.2, -0.15) is 0 Å². The normalized spacial score (nSPS) is 10.1. The molecular weight excluding hydrogens is 176 g/mol. The standard InChI is InChI=1S/C9H11F2NO/c1-2-3-13-9-7(10)4-6(12)5-8(9)11/h4-5H,2-3,12H2,1H3. The van der Waals surface area contributed by atoms with Gasteiger partial charge in [-0.15, -0.1) is 0 Å². The zero-order valence-electron chi connectivity index (χ0n) is 7.31. The van der Waals surface area contributed by atoms with Crippen LogP contribution in [0.15, 0.2) is 12.1 Å². The fourth-order valence-electron chi connectivity index (χ4n) is 0.922. The molecule has 0 fully saturated rings. The Labute approximate surface area is 75.3 Å². The van der Waals surface area contributed by atoms with E-state index >= 15 is 0 Å². The molecule has 0 unspecified atom stereocenters. The highest BCUT2D eigenvalue weighted by atomic mass is 19.1. The van der Waals surface area contributed by atoms with Gasteiger partial charge in [0.2, 0.25) is 0 Å². The summed E-state index contributed by atoms with van der Waals surface area (Å²) in [4.78, 5) is 0. The van der Waals surface area contributed by atoms with E-state index in [1.165, 1.54) is 0 Å². The number of halogens is 2. The van der Waals surface area contributed by atoms with Gasteiger partial charge in [-0.1, -0.05) is 6.92 Å². The summed E-state index contributed by atoms with van der Waals surface area (Å²) in [7, 11) is 0. The Bertz CT molecular complexity index is 279. The molecule has 0 aliphatic rings. The highest BCUT2D eigenvalue weighted by Gasteiger charge is 2.10. The van der Waals surface area contributed by atoms with Crippen LogP contribution in [0.3, 0.4) is 0 Å². The average molecular weight is 187 g/mol. The lowest BCUT2D eigenvalue weighted by Gasteiger charge is -2.07. The maximum absolute atomic E-state index is 13.0. The van der Waals surface area contributed by atoms with Crippen LogP contribution < -0.4 is 10.5 Å². The van der Waals surface area contributed by atoms with E-state index in [1.54, 1.807) is 0 Å². The fourth-order valence-corrected chi connectivity index (χ4v) is 0.922. The second kappa shape index (κ2) is 4.07. The summed E-state index contributed by atoms with van der Waals surface area (Å²) < 4.78 is 30.8. The van der Waals surface area contributed by atoms with Crippen molar-refractivity contribution in [2.45, 2.75) is 13.3 Å². The number of rotatable bonds is 3. The average Bonchev–Trinajstić information content (AvgIpc) is 2.02. The highest BCUT2D eigenvalue weighted by Crippen LogP contribution is 2.24. The smallest absolute Gasteiger partial charge is 0.190 e. The number of nitrogens with two attached hydrogens (primary N) is 1. The van der Waals surface area contributed by atoms with Crippen molar-refractivity contribution in [1.29, 1.82) is 0 Å². The summed E-state index contributed by atoms with van der Waals surface area (Å²) in [5.74, 6) is -1.87. The molecule has 0 saturated heterocycles. The van der Waals surface area contributed by atoms with Gasteiger partial charge in [-0.25, -0.2) is 8.78 Å². The van der Waals surface area contributed by atoms with Crippen LogP contribution in [0, 0.1) is 11.6 Å². The molecule has 1 rings (SSSR count). The minimum Gasteiger partial charge on any atom is -0.488 e. The second-order valence-electron chi connectivity index (χ2n) is 2.66. The molecule has 0 atom stereocenters. The molecule has 4 heteroatoms. The minimum absolute atomic E-state index is 0.0545. The molecule has 0 aliphatic heterocycles. The van der Waals surface area contributed by atoms with Crippen LogP contribution in [0.4, 0.5) is 14.5 Å². The monoisotopic (exact) mass is 187 g/mol. The Hall–Kier alpha value is -1.32. The van der Waals surface area contributed by atoms with Gasteiger partial charge in [-0.05, 0) is 6.42 Å². The SMILES string of the molecule is CCCOc1c(F)cc(N)cc1F. The van der Waals surface area contributed by atoms with Crippen molar-refractivity contribution < 1.29 is 13.5 Å². The molecule has 0 radical (unpaired) electrons. The van der Waals surface area contributed by atoms with Crippen molar-refractivity contribution in [3.8, 4) is 5.75 Å². The van der Waals surface area contributed by atoms with E-state index in [1.807, 2.05) is 6.92 Å². The number of nitrogen functional groups attached to an aromatic ring is 1. The van der Waals surface area contributed by atoms with E-state index in [4.69, 9.17) is 10.5 Å². The predicted octanol–water partition coefficient (Wildman–Crippen LogP) is 2.34. The van der Waals surface area contributed by atoms with Gasteiger partial charge in [0.25, 0.3) is 0 Å². The summed E-state index contributed by atoms with van der Waals surface area (Å²) in [6.07, 6.45) is 0.698. The Morgan fingerprint density at radius 2 is 1.85 bits per heavy atom. The lowest BCUT2D eigenvalue weighted by atomic mass is 10.3. The van der Waals surface area contributed by atoms with Crippen molar-refractivity contribution in [2.75, 3.05) is 12.3 Å². The molecule has 0 heterocycles. The molecule has 13 heavy (non-hydrogen) atoms. The molecule has 1 aromatic rings. The first-order valence-electron chi connectivity index (χ1n) is 4.02. The van der Waals surface area contributed by atoms with Crippen LogP contribution in [0.1, 0.15) is 13.3 Å². The molecule has 1 aromatic carbocycles. The van der Waals surface area contributed by atoms with E-state index in [-0.39, 0.29) is 18.0 Å². The summed E-state index contributed by atoms with van der Waals surface area (Å²) in [6.45, 7) is 2.14. The molecule has 0 spiro atoms. The third-order valence-electron chi connectivity index (χ3n) is 1.47. The van der Waals surface area contributed by atoms with E-state index in [0.29, 0.717) is 6.42 Å². The third kappa shape index (κ3) is 2.31. The first-order chi connectivity index (χ1) is 6.15. The van der Waals surface area contributed by atoms with Gasteiger partial charge in [0.1, 0.15) is 0 Å². The van der Waals surface area contributed by atoms with Gasteiger partial charge in [0.15, 0.2) is 17.4 Å². The molecule has 0 saturated carbocycles. The number of hydrogen-bond donors (Lipinski definition) is 1. The van der Waals surface area contributed by atoms with E-state index < -0.39 is 11.6 Å². The number of ether oxygens (including phenoxy) is 1. The zero-order chi connectivity index (χ0) is 9.84.